The summed E-state index contributed by atoms with van der Waals surface area (Å²) in [6.07, 6.45) is 5.43. The molecule has 1 unspecified atom stereocenters. The van der Waals surface area contributed by atoms with Crippen LogP contribution in [0.1, 0.15) is 37.7 Å². The molecule has 2 fully saturated rings. The number of hydrogen-bond acceptors (Lipinski definition) is 4. The monoisotopic (exact) mass is 330 g/mol. The molecule has 0 aromatic carbocycles. The Morgan fingerprint density at radius 2 is 2.17 bits per heavy atom. The number of rotatable bonds is 3. The summed E-state index contributed by atoms with van der Waals surface area (Å²) in [5, 5.41) is 5.69. The highest BCUT2D eigenvalue weighted by Gasteiger charge is 2.49. The highest BCUT2D eigenvalue weighted by Crippen LogP contribution is 2.42. The van der Waals surface area contributed by atoms with Gasteiger partial charge in [-0.2, -0.15) is 0 Å². The second-order valence-electron chi connectivity index (χ2n) is 6.54. The molecule has 3 amide bonds. The number of pyridine rings is 1. The summed E-state index contributed by atoms with van der Waals surface area (Å²) in [5.41, 5.74) is 0.763. The van der Waals surface area contributed by atoms with E-state index in [1.165, 1.54) is 6.92 Å². The SMILES string of the molecule is CC(=O)NCC(=O)N1CCC2(CC1)NC(=O)CC2c1cccnc1. The lowest BCUT2D eigenvalue weighted by atomic mass is 9.75. The van der Waals surface area contributed by atoms with E-state index in [-0.39, 0.29) is 35.7 Å². The van der Waals surface area contributed by atoms with Crippen molar-refractivity contribution < 1.29 is 14.4 Å². The van der Waals surface area contributed by atoms with Crippen LogP contribution in [0.15, 0.2) is 24.5 Å². The maximum atomic E-state index is 12.1. The van der Waals surface area contributed by atoms with Crippen LogP contribution in [0.3, 0.4) is 0 Å². The molecular formula is C17H22N4O3. The van der Waals surface area contributed by atoms with Gasteiger partial charge in [0.05, 0.1) is 12.1 Å². The normalized spacial score (nSPS) is 22.3. The zero-order valence-corrected chi connectivity index (χ0v) is 13.7. The Morgan fingerprint density at radius 1 is 1.42 bits per heavy atom. The average molecular weight is 330 g/mol. The smallest absolute Gasteiger partial charge is 0.241 e. The van der Waals surface area contributed by atoms with E-state index in [4.69, 9.17) is 0 Å². The molecule has 2 saturated heterocycles. The fourth-order valence-corrected chi connectivity index (χ4v) is 3.76. The van der Waals surface area contributed by atoms with Crippen molar-refractivity contribution in [1.82, 2.24) is 20.5 Å². The standard InChI is InChI=1S/C17H22N4O3/c1-12(22)19-11-16(24)21-7-4-17(5-8-21)14(9-15(23)20-17)13-3-2-6-18-10-13/h2-3,6,10,14H,4-5,7-9,11H2,1H3,(H,19,22)(H,20,23). The van der Waals surface area contributed by atoms with Gasteiger partial charge in [-0.3, -0.25) is 19.4 Å². The van der Waals surface area contributed by atoms with E-state index >= 15 is 0 Å². The summed E-state index contributed by atoms with van der Waals surface area (Å²) < 4.78 is 0. The summed E-state index contributed by atoms with van der Waals surface area (Å²) in [6, 6.07) is 3.89. The molecule has 1 atom stereocenters. The van der Waals surface area contributed by atoms with E-state index in [1.54, 1.807) is 11.1 Å². The number of carbonyl (C=O) groups is 3. The molecule has 1 spiro atoms. The minimum absolute atomic E-state index is 0.0285. The molecule has 3 rings (SSSR count). The van der Waals surface area contributed by atoms with Crippen LogP contribution in [0.2, 0.25) is 0 Å². The Bertz CT molecular complexity index is 638. The Kier molecular flexibility index (Phi) is 4.51. The quantitative estimate of drug-likeness (QED) is 0.827. The van der Waals surface area contributed by atoms with E-state index < -0.39 is 0 Å². The molecule has 24 heavy (non-hydrogen) atoms. The van der Waals surface area contributed by atoms with Gasteiger partial charge in [-0.1, -0.05) is 6.07 Å². The third kappa shape index (κ3) is 3.25. The Morgan fingerprint density at radius 3 is 2.79 bits per heavy atom. The fraction of sp³-hybridized carbons (Fsp3) is 0.529. The van der Waals surface area contributed by atoms with Gasteiger partial charge in [0, 0.05) is 44.7 Å². The number of piperidine rings is 1. The van der Waals surface area contributed by atoms with Gasteiger partial charge in [0.2, 0.25) is 17.7 Å². The number of hydrogen-bond donors (Lipinski definition) is 2. The molecule has 0 aliphatic carbocycles. The molecule has 1 aromatic rings. The van der Waals surface area contributed by atoms with Gasteiger partial charge in [0.1, 0.15) is 0 Å². The fourth-order valence-electron chi connectivity index (χ4n) is 3.76. The number of likely N-dealkylation sites (tertiary alicyclic amines) is 1. The van der Waals surface area contributed by atoms with Crippen LogP contribution in [0.5, 0.6) is 0 Å². The number of nitrogens with zero attached hydrogens (tertiary/aromatic N) is 2. The number of amides is 3. The number of nitrogens with one attached hydrogen (secondary N) is 2. The lowest BCUT2D eigenvalue weighted by Gasteiger charge is -2.42. The second kappa shape index (κ2) is 6.59. The second-order valence-corrected chi connectivity index (χ2v) is 6.54. The predicted molar refractivity (Wildman–Crippen MR) is 87.0 cm³/mol. The number of carbonyl (C=O) groups excluding carboxylic acids is 3. The van der Waals surface area contributed by atoms with Crippen molar-refractivity contribution in [3.8, 4) is 0 Å². The van der Waals surface area contributed by atoms with Crippen LogP contribution >= 0.6 is 0 Å². The average Bonchev–Trinajstić information content (AvgIpc) is 2.90. The van der Waals surface area contributed by atoms with Gasteiger partial charge >= 0.3 is 0 Å². The molecule has 2 N–H and O–H groups in total. The largest absolute Gasteiger partial charge is 0.350 e. The summed E-state index contributed by atoms with van der Waals surface area (Å²) in [5.74, 6) is -0.146. The highest BCUT2D eigenvalue weighted by atomic mass is 16.2. The van der Waals surface area contributed by atoms with Crippen molar-refractivity contribution in [3.05, 3.63) is 30.1 Å². The van der Waals surface area contributed by atoms with Gasteiger partial charge in [-0.15, -0.1) is 0 Å². The topological polar surface area (TPSA) is 91.4 Å². The van der Waals surface area contributed by atoms with Gasteiger partial charge in [-0.25, -0.2) is 0 Å². The minimum Gasteiger partial charge on any atom is -0.350 e. The molecule has 128 valence electrons. The summed E-state index contributed by atoms with van der Waals surface area (Å²) in [6.45, 7) is 2.58. The Hall–Kier alpha value is -2.44. The number of aromatic nitrogens is 1. The third-order valence-electron chi connectivity index (χ3n) is 5.03. The van der Waals surface area contributed by atoms with E-state index in [2.05, 4.69) is 15.6 Å². The first kappa shape index (κ1) is 16.4. The maximum absolute atomic E-state index is 12.1. The van der Waals surface area contributed by atoms with Gasteiger partial charge in [0.25, 0.3) is 0 Å². The first-order valence-electron chi connectivity index (χ1n) is 8.23. The summed E-state index contributed by atoms with van der Waals surface area (Å²) in [7, 11) is 0. The van der Waals surface area contributed by atoms with Crippen LogP contribution in [-0.4, -0.2) is 52.8 Å². The van der Waals surface area contributed by atoms with Crippen LogP contribution in [0, 0.1) is 0 Å². The molecule has 2 aliphatic rings. The van der Waals surface area contributed by atoms with Crippen molar-refractivity contribution in [2.75, 3.05) is 19.6 Å². The van der Waals surface area contributed by atoms with Crippen molar-refractivity contribution in [2.24, 2.45) is 0 Å². The molecule has 0 saturated carbocycles. The molecular weight excluding hydrogens is 308 g/mol. The molecule has 0 bridgehead atoms. The molecule has 3 heterocycles. The van der Waals surface area contributed by atoms with Gasteiger partial charge in [-0.05, 0) is 24.5 Å². The first-order valence-corrected chi connectivity index (χ1v) is 8.23. The van der Waals surface area contributed by atoms with E-state index in [0.29, 0.717) is 32.4 Å². The van der Waals surface area contributed by atoms with Crippen LogP contribution in [0.25, 0.3) is 0 Å². The van der Waals surface area contributed by atoms with Crippen molar-refractivity contribution in [1.29, 1.82) is 0 Å². The zero-order valence-electron chi connectivity index (χ0n) is 13.7. The van der Waals surface area contributed by atoms with Crippen LogP contribution < -0.4 is 10.6 Å². The van der Waals surface area contributed by atoms with Gasteiger partial charge in [0.15, 0.2) is 0 Å². The van der Waals surface area contributed by atoms with Crippen LogP contribution in [0.4, 0.5) is 0 Å². The highest BCUT2D eigenvalue weighted by molar-refractivity contribution is 5.84. The molecule has 7 heteroatoms. The third-order valence-corrected chi connectivity index (χ3v) is 5.03. The first-order chi connectivity index (χ1) is 11.5. The van der Waals surface area contributed by atoms with E-state index in [0.717, 1.165) is 5.56 Å². The Labute approximate surface area is 140 Å². The lowest BCUT2D eigenvalue weighted by molar-refractivity contribution is -0.134. The van der Waals surface area contributed by atoms with Crippen molar-refractivity contribution >= 4 is 17.7 Å². The summed E-state index contributed by atoms with van der Waals surface area (Å²) >= 11 is 0. The van der Waals surface area contributed by atoms with E-state index in [1.807, 2.05) is 18.3 Å². The predicted octanol–water partition coefficient (Wildman–Crippen LogP) is 0.182. The van der Waals surface area contributed by atoms with Crippen molar-refractivity contribution in [2.45, 2.75) is 37.6 Å². The zero-order chi connectivity index (χ0) is 17.2. The van der Waals surface area contributed by atoms with E-state index in [9.17, 15) is 14.4 Å². The minimum atomic E-state index is -0.301. The molecule has 1 aromatic heterocycles. The lowest BCUT2D eigenvalue weighted by Crippen LogP contribution is -2.55. The maximum Gasteiger partial charge on any atom is 0.241 e. The molecule has 0 radical (unpaired) electrons. The molecule has 7 nitrogen and oxygen atoms in total. The molecule has 2 aliphatic heterocycles. The van der Waals surface area contributed by atoms with Crippen LogP contribution in [-0.2, 0) is 14.4 Å². The Balaban J connectivity index is 1.68. The van der Waals surface area contributed by atoms with Crippen molar-refractivity contribution in [3.63, 3.8) is 0 Å². The van der Waals surface area contributed by atoms with Gasteiger partial charge < -0.3 is 15.5 Å². The summed E-state index contributed by atoms with van der Waals surface area (Å²) in [4.78, 5) is 41.0.